The fourth-order valence-corrected chi connectivity index (χ4v) is 3.51. The molecule has 0 N–H and O–H groups in total. The number of fused-ring (bicyclic) bond motifs is 3. The molecule has 3 heterocycles. The Labute approximate surface area is 93.8 Å². The maximum atomic E-state index is 4.52. The van der Waals surface area contributed by atoms with Crippen molar-refractivity contribution in [2.75, 3.05) is 0 Å². The molecule has 0 aliphatic carbocycles. The molecule has 1 aromatic heterocycles. The average Bonchev–Trinajstić information content (AvgIpc) is 2.60. The fourth-order valence-electron chi connectivity index (χ4n) is 2.18. The predicted molar refractivity (Wildman–Crippen MR) is 66.7 cm³/mol. The summed E-state index contributed by atoms with van der Waals surface area (Å²) in [5.74, 6) is 1.24. The van der Waals surface area contributed by atoms with Crippen LogP contribution in [0, 0.1) is 0 Å². The Morgan fingerprint density at radius 2 is 1.47 bits per heavy atom. The minimum atomic E-state index is 0.621. The second-order valence-electron chi connectivity index (χ2n) is 4.42. The van der Waals surface area contributed by atoms with E-state index in [4.69, 9.17) is 0 Å². The van der Waals surface area contributed by atoms with E-state index >= 15 is 0 Å². The Morgan fingerprint density at radius 1 is 1.00 bits per heavy atom. The molecule has 0 spiro atoms. The van der Waals surface area contributed by atoms with Crippen molar-refractivity contribution in [3.63, 3.8) is 0 Å². The van der Waals surface area contributed by atoms with Crippen molar-refractivity contribution in [2.24, 2.45) is 9.98 Å². The van der Waals surface area contributed by atoms with Crippen LogP contribution in [0.25, 0.3) is 0 Å². The van der Waals surface area contributed by atoms with Crippen LogP contribution in [0.4, 0.5) is 11.4 Å². The predicted octanol–water partition coefficient (Wildman–Crippen LogP) is 4.17. The smallest absolute Gasteiger partial charge is 0.103 e. The molecule has 3 heteroatoms. The van der Waals surface area contributed by atoms with Crippen LogP contribution in [0.15, 0.2) is 9.98 Å². The average molecular weight is 218 g/mol. The molecule has 0 saturated carbocycles. The first-order valence-corrected chi connectivity index (χ1v) is 6.30. The summed E-state index contributed by atoms with van der Waals surface area (Å²) in [4.78, 5) is 11.9. The lowest BCUT2D eigenvalue weighted by Crippen LogP contribution is -1.96. The molecule has 15 heavy (non-hydrogen) atoms. The lowest BCUT2D eigenvalue weighted by atomic mass is 9.99. The van der Waals surface area contributed by atoms with E-state index in [2.05, 4.69) is 23.8 Å². The number of nitrogens with zero attached hydrogens (tertiary/aromatic N) is 2. The first kappa shape index (κ1) is 9.28. The Kier molecular flexibility index (Phi) is 2.02. The standard InChI is InChI=1S/C12H14N2S/c1-7-3-5-13-9-10-12(15-11(7)9)8(2)4-6-14-10/h5-8H,3-4H2,1-2H3. The third kappa shape index (κ3) is 1.29. The van der Waals surface area contributed by atoms with Gasteiger partial charge in [0.2, 0.25) is 0 Å². The Hall–Kier alpha value is -0.960. The number of rotatable bonds is 0. The molecule has 0 fully saturated rings. The van der Waals surface area contributed by atoms with Crippen LogP contribution < -0.4 is 0 Å². The zero-order chi connectivity index (χ0) is 10.4. The molecule has 0 amide bonds. The van der Waals surface area contributed by atoms with Crippen LogP contribution in [0.3, 0.4) is 0 Å². The van der Waals surface area contributed by atoms with Gasteiger partial charge in [0, 0.05) is 22.2 Å². The SMILES string of the molecule is CC1CC=Nc2c1sc1c2N=CCC1C. The maximum Gasteiger partial charge on any atom is 0.103 e. The first-order chi connectivity index (χ1) is 7.27. The van der Waals surface area contributed by atoms with Gasteiger partial charge < -0.3 is 0 Å². The van der Waals surface area contributed by atoms with E-state index in [1.165, 1.54) is 9.75 Å². The lowest BCUT2D eigenvalue weighted by molar-refractivity contribution is 0.819. The van der Waals surface area contributed by atoms with Gasteiger partial charge in [-0.3, -0.25) is 9.98 Å². The van der Waals surface area contributed by atoms with Crippen LogP contribution in [0.1, 0.15) is 48.3 Å². The van der Waals surface area contributed by atoms with Gasteiger partial charge in [0.25, 0.3) is 0 Å². The van der Waals surface area contributed by atoms with E-state index in [1.54, 1.807) is 0 Å². The van der Waals surface area contributed by atoms with Gasteiger partial charge >= 0.3 is 0 Å². The highest BCUT2D eigenvalue weighted by Crippen LogP contribution is 2.52. The highest BCUT2D eigenvalue weighted by atomic mass is 32.1. The molecule has 2 aliphatic heterocycles. The topological polar surface area (TPSA) is 24.7 Å². The molecule has 2 unspecified atom stereocenters. The van der Waals surface area contributed by atoms with E-state index in [0.29, 0.717) is 11.8 Å². The lowest BCUT2D eigenvalue weighted by Gasteiger charge is -2.13. The summed E-state index contributed by atoms with van der Waals surface area (Å²) < 4.78 is 0. The second-order valence-corrected chi connectivity index (χ2v) is 5.51. The molecular formula is C12H14N2S. The third-order valence-electron chi connectivity index (χ3n) is 3.16. The van der Waals surface area contributed by atoms with Gasteiger partial charge in [-0.25, -0.2) is 0 Å². The molecule has 3 rings (SSSR count). The number of hydrogen-bond donors (Lipinski definition) is 0. The minimum absolute atomic E-state index is 0.621. The van der Waals surface area contributed by atoms with Crippen molar-refractivity contribution in [2.45, 2.75) is 38.5 Å². The summed E-state index contributed by atoms with van der Waals surface area (Å²) in [5.41, 5.74) is 2.30. The summed E-state index contributed by atoms with van der Waals surface area (Å²) in [6.45, 7) is 4.56. The van der Waals surface area contributed by atoms with Crippen molar-refractivity contribution >= 4 is 35.1 Å². The van der Waals surface area contributed by atoms with Crippen LogP contribution in [-0.2, 0) is 0 Å². The van der Waals surface area contributed by atoms with Crippen LogP contribution in [0.2, 0.25) is 0 Å². The molecule has 78 valence electrons. The van der Waals surface area contributed by atoms with E-state index in [1.807, 2.05) is 23.8 Å². The highest BCUT2D eigenvalue weighted by Gasteiger charge is 2.27. The van der Waals surface area contributed by atoms with Crippen LogP contribution in [-0.4, -0.2) is 12.4 Å². The van der Waals surface area contributed by atoms with Crippen molar-refractivity contribution in [1.82, 2.24) is 0 Å². The Morgan fingerprint density at radius 3 is 1.93 bits per heavy atom. The molecule has 2 nitrogen and oxygen atoms in total. The van der Waals surface area contributed by atoms with Crippen molar-refractivity contribution < 1.29 is 0 Å². The zero-order valence-electron chi connectivity index (χ0n) is 9.03. The van der Waals surface area contributed by atoms with Gasteiger partial charge in [0.15, 0.2) is 0 Å². The van der Waals surface area contributed by atoms with Crippen molar-refractivity contribution in [3.05, 3.63) is 9.75 Å². The second kappa shape index (κ2) is 3.27. The van der Waals surface area contributed by atoms with E-state index < -0.39 is 0 Å². The Balaban J connectivity index is 2.23. The van der Waals surface area contributed by atoms with Gasteiger partial charge in [0.1, 0.15) is 11.4 Å². The Bertz CT molecular complexity index is 416. The van der Waals surface area contributed by atoms with E-state index in [0.717, 1.165) is 24.2 Å². The highest BCUT2D eigenvalue weighted by molar-refractivity contribution is 7.13. The van der Waals surface area contributed by atoms with Gasteiger partial charge in [-0.2, -0.15) is 0 Å². The largest absolute Gasteiger partial charge is 0.258 e. The van der Waals surface area contributed by atoms with Gasteiger partial charge in [-0.1, -0.05) is 13.8 Å². The molecule has 0 bridgehead atoms. The fraction of sp³-hybridized carbons (Fsp3) is 0.500. The normalized spacial score (nSPS) is 27.6. The number of thiophene rings is 1. The molecule has 0 aromatic carbocycles. The van der Waals surface area contributed by atoms with Gasteiger partial charge in [-0.15, -0.1) is 11.3 Å². The molecule has 0 radical (unpaired) electrons. The van der Waals surface area contributed by atoms with E-state index in [9.17, 15) is 0 Å². The minimum Gasteiger partial charge on any atom is -0.258 e. The molecule has 1 aromatic rings. The molecule has 2 atom stereocenters. The van der Waals surface area contributed by atoms with Crippen LogP contribution in [0.5, 0.6) is 0 Å². The quantitative estimate of drug-likeness (QED) is 0.624. The monoisotopic (exact) mass is 218 g/mol. The van der Waals surface area contributed by atoms with Gasteiger partial charge in [0.05, 0.1) is 0 Å². The summed E-state index contributed by atoms with van der Waals surface area (Å²) in [7, 11) is 0. The molecule has 0 saturated heterocycles. The molecular weight excluding hydrogens is 204 g/mol. The summed E-state index contributed by atoms with van der Waals surface area (Å²) in [5, 5.41) is 0. The van der Waals surface area contributed by atoms with Gasteiger partial charge in [-0.05, 0) is 24.7 Å². The summed E-state index contributed by atoms with van der Waals surface area (Å²) in [6, 6.07) is 0. The van der Waals surface area contributed by atoms with Crippen molar-refractivity contribution in [3.8, 4) is 0 Å². The maximum absolute atomic E-state index is 4.52. The first-order valence-electron chi connectivity index (χ1n) is 5.49. The summed E-state index contributed by atoms with van der Waals surface area (Å²) >= 11 is 1.93. The van der Waals surface area contributed by atoms with Crippen molar-refractivity contribution in [1.29, 1.82) is 0 Å². The number of aliphatic imine (C=N–C) groups is 2. The summed E-state index contributed by atoms with van der Waals surface area (Å²) in [6.07, 6.45) is 6.22. The zero-order valence-corrected chi connectivity index (χ0v) is 9.84. The molecule has 2 aliphatic rings. The van der Waals surface area contributed by atoms with E-state index in [-0.39, 0.29) is 0 Å². The van der Waals surface area contributed by atoms with Crippen LogP contribution >= 0.6 is 11.3 Å². The third-order valence-corrected chi connectivity index (χ3v) is 4.80. The number of hydrogen-bond acceptors (Lipinski definition) is 3.